The van der Waals surface area contributed by atoms with E-state index in [1.807, 2.05) is 76.0 Å². The van der Waals surface area contributed by atoms with Crippen molar-refractivity contribution in [1.82, 2.24) is 24.2 Å². The van der Waals surface area contributed by atoms with Crippen LogP contribution in [-0.2, 0) is 4.79 Å². The van der Waals surface area contributed by atoms with Crippen molar-refractivity contribution in [3.8, 4) is 17.0 Å². The molecule has 0 aliphatic carbocycles. The van der Waals surface area contributed by atoms with Gasteiger partial charge in [0.2, 0.25) is 0 Å². The van der Waals surface area contributed by atoms with Gasteiger partial charge < -0.3 is 25.8 Å². The molecule has 1 atom stereocenters. The summed E-state index contributed by atoms with van der Waals surface area (Å²) in [4.78, 5) is 37.6. The number of imidazole rings is 1. The number of likely N-dealkylation sites (tertiary alicyclic amines) is 1. The number of nitrogens with one attached hydrogen (secondary N) is 1. The summed E-state index contributed by atoms with van der Waals surface area (Å²) in [7, 11) is 3.44. The second-order valence-electron chi connectivity index (χ2n) is 10.3. The lowest BCUT2D eigenvalue weighted by atomic mass is 9.99. The molecular formula is C30H35N7O4. The van der Waals surface area contributed by atoms with Crippen LogP contribution in [0.5, 0.6) is 5.75 Å². The summed E-state index contributed by atoms with van der Waals surface area (Å²) >= 11 is 0. The fraction of sp³-hybridized carbons (Fsp3) is 0.333. The molecule has 2 aromatic heterocycles. The van der Waals surface area contributed by atoms with Crippen molar-refractivity contribution in [2.45, 2.75) is 31.8 Å². The number of carboxylic acids is 1. The molecule has 2 aromatic carbocycles. The number of carboxylic acid groups (broad SMARTS) is 1. The number of aromatic nitrogens is 3. The highest BCUT2D eigenvalue weighted by molar-refractivity contribution is 5.96. The summed E-state index contributed by atoms with van der Waals surface area (Å²) in [6, 6.07) is 12.8. The molecule has 3 heterocycles. The number of aryl methyl sites for hydroxylation is 1. The van der Waals surface area contributed by atoms with Gasteiger partial charge in [-0.2, -0.15) is 0 Å². The number of carbonyl (C=O) groups excluding carboxylic acids is 1. The van der Waals surface area contributed by atoms with Crippen LogP contribution in [0.4, 0.5) is 11.5 Å². The predicted molar refractivity (Wildman–Crippen MR) is 157 cm³/mol. The Kier molecular flexibility index (Phi) is 8.18. The molecule has 1 unspecified atom stereocenters. The van der Waals surface area contributed by atoms with Crippen molar-refractivity contribution in [3.05, 3.63) is 72.2 Å². The maximum atomic E-state index is 13.4. The predicted octanol–water partition coefficient (Wildman–Crippen LogP) is 3.41. The Hall–Kier alpha value is -4.48. The molecule has 1 aliphatic rings. The zero-order valence-corrected chi connectivity index (χ0v) is 23.4. The molecule has 5 rings (SSSR count). The van der Waals surface area contributed by atoms with Gasteiger partial charge in [0.05, 0.1) is 19.0 Å². The molecule has 0 saturated carbocycles. The molecule has 11 nitrogen and oxygen atoms in total. The van der Waals surface area contributed by atoms with Crippen LogP contribution in [-0.4, -0.2) is 87.0 Å². The van der Waals surface area contributed by atoms with E-state index < -0.39 is 12.0 Å². The zero-order chi connectivity index (χ0) is 29.1. The van der Waals surface area contributed by atoms with Crippen molar-refractivity contribution in [3.63, 3.8) is 0 Å². The highest BCUT2D eigenvalue weighted by Crippen LogP contribution is 2.28. The number of anilines is 2. The average molecular weight is 558 g/mol. The lowest BCUT2D eigenvalue weighted by Gasteiger charge is -2.39. The van der Waals surface area contributed by atoms with Crippen LogP contribution in [0.25, 0.3) is 16.9 Å². The first-order chi connectivity index (χ1) is 19.8. The molecule has 1 aliphatic heterocycles. The van der Waals surface area contributed by atoms with Crippen LogP contribution >= 0.6 is 0 Å². The first-order valence-electron chi connectivity index (χ1n) is 13.6. The van der Waals surface area contributed by atoms with Crippen LogP contribution in [0.1, 0.15) is 28.8 Å². The Bertz CT molecular complexity index is 1540. The van der Waals surface area contributed by atoms with Gasteiger partial charge >= 0.3 is 5.97 Å². The lowest BCUT2D eigenvalue weighted by Crippen LogP contribution is -2.53. The molecule has 0 bridgehead atoms. The number of nitrogens with zero attached hydrogens (tertiary/aromatic N) is 5. The number of hydrogen-bond acceptors (Lipinski definition) is 8. The number of fused-ring (bicyclic) bond motifs is 1. The van der Waals surface area contributed by atoms with E-state index in [-0.39, 0.29) is 18.5 Å². The molecule has 41 heavy (non-hydrogen) atoms. The van der Waals surface area contributed by atoms with Crippen molar-refractivity contribution in [2.75, 3.05) is 39.1 Å². The number of ether oxygens (including phenoxy) is 1. The number of methoxy groups -OCH3 is 1. The van der Waals surface area contributed by atoms with Crippen molar-refractivity contribution in [1.29, 1.82) is 0 Å². The molecule has 11 heteroatoms. The second kappa shape index (κ2) is 11.9. The van der Waals surface area contributed by atoms with Gasteiger partial charge in [0.15, 0.2) is 11.5 Å². The van der Waals surface area contributed by atoms with Crippen LogP contribution in [0.2, 0.25) is 0 Å². The minimum Gasteiger partial charge on any atom is -0.497 e. The van der Waals surface area contributed by atoms with Gasteiger partial charge in [0.1, 0.15) is 11.8 Å². The number of amides is 1. The summed E-state index contributed by atoms with van der Waals surface area (Å²) in [5, 5.41) is 12.8. The zero-order valence-electron chi connectivity index (χ0n) is 23.4. The number of carbonyl (C=O) groups is 2. The Balaban J connectivity index is 1.27. The molecule has 4 N–H and O–H groups in total. The Labute approximate surface area is 238 Å². The van der Waals surface area contributed by atoms with Crippen LogP contribution in [0.3, 0.4) is 0 Å². The minimum absolute atomic E-state index is 0.0265. The van der Waals surface area contributed by atoms with E-state index in [9.17, 15) is 14.7 Å². The SMILES string of the molecule is COc1ccc(-c2cnc3c(Nc4ccc(C(=O)N5CCC(N(C)C(CN)C(=O)O)CC5)c(C)c4)nccn23)cc1. The van der Waals surface area contributed by atoms with Gasteiger partial charge in [-0.3, -0.25) is 18.9 Å². The third-order valence-electron chi connectivity index (χ3n) is 7.86. The molecule has 1 amide bonds. The number of hydrogen-bond donors (Lipinski definition) is 3. The van der Waals surface area contributed by atoms with Crippen LogP contribution in [0, 0.1) is 6.92 Å². The van der Waals surface area contributed by atoms with E-state index >= 15 is 0 Å². The summed E-state index contributed by atoms with van der Waals surface area (Å²) in [5.41, 5.74) is 10.6. The third kappa shape index (κ3) is 5.72. The molecule has 4 aromatic rings. The van der Waals surface area contributed by atoms with E-state index in [0.29, 0.717) is 43.0 Å². The molecule has 1 fully saturated rings. The molecular weight excluding hydrogens is 522 g/mol. The lowest BCUT2D eigenvalue weighted by molar-refractivity contribution is -0.143. The van der Waals surface area contributed by atoms with Crippen LogP contribution < -0.4 is 15.8 Å². The fourth-order valence-corrected chi connectivity index (χ4v) is 5.44. The summed E-state index contributed by atoms with van der Waals surface area (Å²) < 4.78 is 7.25. The topological polar surface area (TPSA) is 138 Å². The van der Waals surface area contributed by atoms with Gasteiger partial charge in [-0.1, -0.05) is 0 Å². The van der Waals surface area contributed by atoms with Gasteiger partial charge in [-0.25, -0.2) is 9.97 Å². The van der Waals surface area contributed by atoms with E-state index in [4.69, 9.17) is 10.5 Å². The molecule has 0 radical (unpaired) electrons. The summed E-state index contributed by atoms with van der Waals surface area (Å²) in [6.45, 7) is 3.10. The largest absolute Gasteiger partial charge is 0.497 e. The quantitative estimate of drug-likeness (QED) is 0.283. The standard InChI is InChI=1S/C30H35N7O4/c1-19-16-21(6-9-24(19)29(38)36-13-10-22(11-14-36)35(2)25(17-31)30(39)40)34-27-28-33-18-26(37(28)15-12-32-27)20-4-7-23(41-3)8-5-20/h4-9,12,15-16,18,22,25H,10-11,13-14,17,31H2,1-3H3,(H,32,34)(H,39,40). The van der Waals surface area contributed by atoms with Gasteiger partial charge in [0.25, 0.3) is 5.91 Å². The summed E-state index contributed by atoms with van der Waals surface area (Å²) in [5.74, 6) is 0.447. The second-order valence-corrected chi connectivity index (χ2v) is 10.3. The third-order valence-corrected chi connectivity index (χ3v) is 7.86. The van der Waals surface area contributed by atoms with E-state index in [0.717, 1.165) is 28.3 Å². The van der Waals surface area contributed by atoms with Crippen LogP contribution in [0.15, 0.2) is 61.1 Å². The normalized spacial score (nSPS) is 14.8. The first kappa shape index (κ1) is 28.1. The van der Waals surface area contributed by atoms with Crippen molar-refractivity contribution in [2.24, 2.45) is 5.73 Å². The number of aliphatic carboxylic acids is 1. The summed E-state index contributed by atoms with van der Waals surface area (Å²) in [6.07, 6.45) is 6.81. The number of piperidine rings is 1. The maximum Gasteiger partial charge on any atom is 0.322 e. The van der Waals surface area contributed by atoms with E-state index in [2.05, 4.69) is 15.3 Å². The number of nitrogens with two attached hydrogens (primary N) is 1. The van der Waals surface area contributed by atoms with Gasteiger partial charge in [-0.15, -0.1) is 0 Å². The smallest absolute Gasteiger partial charge is 0.322 e. The Morgan fingerprint density at radius 1 is 1.17 bits per heavy atom. The van der Waals surface area contributed by atoms with Crippen molar-refractivity contribution < 1.29 is 19.4 Å². The highest BCUT2D eigenvalue weighted by Gasteiger charge is 2.31. The van der Waals surface area contributed by atoms with E-state index in [1.54, 1.807) is 20.4 Å². The Morgan fingerprint density at radius 3 is 2.54 bits per heavy atom. The number of likely N-dealkylation sites (N-methyl/N-ethyl adjacent to an activating group) is 1. The fourth-order valence-electron chi connectivity index (χ4n) is 5.44. The molecule has 0 spiro atoms. The first-order valence-corrected chi connectivity index (χ1v) is 13.6. The average Bonchev–Trinajstić information content (AvgIpc) is 3.42. The Morgan fingerprint density at radius 2 is 1.90 bits per heavy atom. The highest BCUT2D eigenvalue weighted by atomic mass is 16.5. The molecule has 214 valence electrons. The van der Waals surface area contributed by atoms with Gasteiger partial charge in [0, 0.05) is 54.9 Å². The minimum atomic E-state index is -0.922. The molecule has 1 saturated heterocycles. The number of rotatable bonds is 9. The number of benzene rings is 2. The maximum absolute atomic E-state index is 13.4. The van der Waals surface area contributed by atoms with Gasteiger partial charge in [-0.05, 0) is 74.8 Å². The van der Waals surface area contributed by atoms with E-state index in [1.165, 1.54) is 0 Å². The monoisotopic (exact) mass is 557 g/mol. The van der Waals surface area contributed by atoms with Crippen molar-refractivity contribution >= 4 is 29.0 Å².